The quantitative estimate of drug-likeness (QED) is 0.678. The van der Waals surface area contributed by atoms with Crippen LogP contribution in [0.5, 0.6) is 0 Å². The monoisotopic (exact) mass is 336 g/mol. The molecule has 2 aliphatic heterocycles. The van der Waals surface area contributed by atoms with E-state index in [1.165, 1.54) is 11.1 Å². The molecule has 0 N–H and O–H groups in total. The molecule has 2 unspecified atom stereocenters. The van der Waals surface area contributed by atoms with Gasteiger partial charge in [0.25, 0.3) is 0 Å². The van der Waals surface area contributed by atoms with Crippen LogP contribution in [0.15, 0.2) is 60.7 Å². The van der Waals surface area contributed by atoms with Crippen molar-refractivity contribution in [1.82, 2.24) is 0 Å². The summed E-state index contributed by atoms with van der Waals surface area (Å²) in [7, 11) is 0. The number of benzene rings is 2. The summed E-state index contributed by atoms with van der Waals surface area (Å²) in [4.78, 5) is 0. The minimum Gasteiger partial charge on any atom is -0.341 e. The largest absolute Gasteiger partial charge is 0.341 e. The molecule has 2 fully saturated rings. The number of hydrogen-bond acceptors (Lipinski definition) is 2. The zero-order valence-electron chi connectivity index (χ0n) is 15.4. The van der Waals surface area contributed by atoms with Crippen LogP contribution in [0.1, 0.15) is 63.4 Å². The Hall–Kier alpha value is -1.64. The lowest BCUT2D eigenvalue weighted by atomic mass is 9.74. The third-order valence-electron chi connectivity index (χ3n) is 6.15. The fourth-order valence-electron chi connectivity index (χ4n) is 4.78. The molecule has 4 rings (SSSR count). The van der Waals surface area contributed by atoms with E-state index in [1.54, 1.807) is 0 Å². The summed E-state index contributed by atoms with van der Waals surface area (Å²) in [5, 5.41) is 0. The van der Waals surface area contributed by atoms with Gasteiger partial charge in [-0.15, -0.1) is 0 Å². The normalized spacial score (nSPS) is 33.8. The standard InChI is InChI=1S/C23H28O2/c1-4-19-15-20(17-11-7-5-8-12-17)24-23(19)22(2,3)16-21(25-23)18-13-9-6-10-14-18/h5-14,19-21H,4,15-16H2,1-3H3/t19?,20-,21?,23+/m0/s1. The van der Waals surface area contributed by atoms with Crippen molar-refractivity contribution in [1.29, 1.82) is 0 Å². The van der Waals surface area contributed by atoms with Crippen LogP contribution in [-0.4, -0.2) is 5.79 Å². The maximum Gasteiger partial charge on any atom is 0.177 e. The van der Waals surface area contributed by atoms with Gasteiger partial charge in [-0.25, -0.2) is 0 Å². The van der Waals surface area contributed by atoms with Crippen molar-refractivity contribution in [3.05, 3.63) is 71.8 Å². The molecule has 2 heteroatoms. The third-order valence-corrected chi connectivity index (χ3v) is 6.15. The van der Waals surface area contributed by atoms with Crippen LogP contribution in [0.25, 0.3) is 0 Å². The Morgan fingerprint density at radius 2 is 1.36 bits per heavy atom. The number of rotatable bonds is 3. The minimum atomic E-state index is -0.497. The van der Waals surface area contributed by atoms with Gasteiger partial charge in [-0.05, 0) is 30.4 Å². The molecule has 0 saturated carbocycles. The van der Waals surface area contributed by atoms with Gasteiger partial charge in [-0.3, -0.25) is 0 Å². The van der Waals surface area contributed by atoms with Gasteiger partial charge in [-0.1, -0.05) is 81.4 Å². The van der Waals surface area contributed by atoms with Crippen molar-refractivity contribution >= 4 is 0 Å². The molecule has 25 heavy (non-hydrogen) atoms. The van der Waals surface area contributed by atoms with E-state index < -0.39 is 5.79 Å². The average Bonchev–Trinajstić information content (AvgIpc) is 3.15. The first-order valence-corrected chi connectivity index (χ1v) is 9.51. The van der Waals surface area contributed by atoms with Crippen molar-refractivity contribution in [3.63, 3.8) is 0 Å². The van der Waals surface area contributed by atoms with Crippen molar-refractivity contribution in [2.24, 2.45) is 11.3 Å². The molecule has 2 aliphatic rings. The van der Waals surface area contributed by atoms with Gasteiger partial charge in [0.05, 0.1) is 12.2 Å². The van der Waals surface area contributed by atoms with Gasteiger partial charge >= 0.3 is 0 Å². The molecule has 0 amide bonds. The van der Waals surface area contributed by atoms with Crippen molar-refractivity contribution in [3.8, 4) is 0 Å². The summed E-state index contributed by atoms with van der Waals surface area (Å²) in [6.07, 6.45) is 3.34. The highest BCUT2D eigenvalue weighted by Gasteiger charge is 2.63. The van der Waals surface area contributed by atoms with Crippen LogP contribution in [0.4, 0.5) is 0 Å². The summed E-state index contributed by atoms with van der Waals surface area (Å²) < 4.78 is 13.5. The number of ether oxygens (including phenoxy) is 2. The second kappa shape index (κ2) is 6.26. The highest BCUT2D eigenvalue weighted by atomic mass is 16.7. The molecule has 4 atom stereocenters. The molecule has 0 aromatic heterocycles. The fraction of sp³-hybridized carbons (Fsp3) is 0.478. The van der Waals surface area contributed by atoms with Crippen LogP contribution in [0.2, 0.25) is 0 Å². The molecule has 0 bridgehead atoms. The van der Waals surface area contributed by atoms with Gasteiger partial charge < -0.3 is 9.47 Å². The smallest absolute Gasteiger partial charge is 0.177 e. The Morgan fingerprint density at radius 3 is 1.92 bits per heavy atom. The lowest BCUT2D eigenvalue weighted by Gasteiger charge is -2.40. The van der Waals surface area contributed by atoms with Crippen molar-refractivity contribution in [2.75, 3.05) is 0 Å². The van der Waals surface area contributed by atoms with E-state index in [2.05, 4.69) is 81.4 Å². The lowest BCUT2D eigenvalue weighted by Crippen LogP contribution is -2.46. The maximum atomic E-state index is 6.74. The SMILES string of the molecule is CCC1C[C@@H](c2ccccc2)O[C@@]12OC(c1ccccc1)CC2(C)C. The Labute approximate surface area is 151 Å². The van der Waals surface area contributed by atoms with E-state index in [1.807, 2.05) is 0 Å². The first-order chi connectivity index (χ1) is 12.1. The summed E-state index contributed by atoms with van der Waals surface area (Å²) in [5.41, 5.74) is 2.51. The van der Waals surface area contributed by atoms with Crippen LogP contribution in [0.3, 0.4) is 0 Å². The van der Waals surface area contributed by atoms with Gasteiger partial charge in [0.15, 0.2) is 5.79 Å². The van der Waals surface area contributed by atoms with Crippen LogP contribution < -0.4 is 0 Å². The van der Waals surface area contributed by atoms with E-state index in [4.69, 9.17) is 9.47 Å². The van der Waals surface area contributed by atoms with E-state index in [0.717, 1.165) is 19.3 Å². The molecule has 2 aromatic rings. The summed E-state index contributed by atoms with van der Waals surface area (Å²) in [6.45, 7) is 6.89. The highest BCUT2D eigenvalue weighted by molar-refractivity contribution is 5.23. The second-order valence-corrected chi connectivity index (χ2v) is 8.13. The summed E-state index contributed by atoms with van der Waals surface area (Å²) >= 11 is 0. The highest BCUT2D eigenvalue weighted by Crippen LogP contribution is 2.62. The topological polar surface area (TPSA) is 18.5 Å². The molecule has 0 aliphatic carbocycles. The molecule has 1 spiro atoms. The van der Waals surface area contributed by atoms with Crippen LogP contribution >= 0.6 is 0 Å². The molecule has 2 aromatic carbocycles. The van der Waals surface area contributed by atoms with Crippen LogP contribution in [0, 0.1) is 11.3 Å². The van der Waals surface area contributed by atoms with E-state index in [9.17, 15) is 0 Å². The molecule has 2 nitrogen and oxygen atoms in total. The third kappa shape index (κ3) is 2.72. The van der Waals surface area contributed by atoms with E-state index in [0.29, 0.717) is 5.92 Å². The molecule has 2 heterocycles. The van der Waals surface area contributed by atoms with Crippen molar-refractivity contribution < 1.29 is 9.47 Å². The van der Waals surface area contributed by atoms with Crippen molar-refractivity contribution in [2.45, 2.75) is 58.0 Å². The summed E-state index contributed by atoms with van der Waals surface area (Å²) in [5.74, 6) is -0.0793. The molecule has 0 radical (unpaired) electrons. The van der Waals surface area contributed by atoms with E-state index in [-0.39, 0.29) is 17.6 Å². The van der Waals surface area contributed by atoms with Gasteiger partial charge in [0.2, 0.25) is 0 Å². The fourth-order valence-corrected chi connectivity index (χ4v) is 4.78. The molecular weight excluding hydrogens is 308 g/mol. The van der Waals surface area contributed by atoms with Crippen LogP contribution in [-0.2, 0) is 9.47 Å². The lowest BCUT2D eigenvalue weighted by molar-refractivity contribution is -0.274. The predicted octanol–water partition coefficient (Wildman–Crippen LogP) is 6.06. The molecule has 132 valence electrons. The predicted molar refractivity (Wildman–Crippen MR) is 100 cm³/mol. The summed E-state index contributed by atoms with van der Waals surface area (Å²) in [6, 6.07) is 21.2. The zero-order chi connectivity index (χ0) is 17.5. The van der Waals surface area contributed by atoms with E-state index >= 15 is 0 Å². The molecule has 2 saturated heterocycles. The Morgan fingerprint density at radius 1 is 0.840 bits per heavy atom. The average molecular weight is 336 g/mol. The maximum absolute atomic E-state index is 6.74. The molecular formula is C23H28O2. The first kappa shape index (κ1) is 16.8. The minimum absolute atomic E-state index is 0.0162. The first-order valence-electron chi connectivity index (χ1n) is 9.51. The van der Waals surface area contributed by atoms with Gasteiger partial charge in [0.1, 0.15) is 0 Å². The number of hydrogen-bond donors (Lipinski definition) is 0. The van der Waals surface area contributed by atoms with Gasteiger partial charge in [0, 0.05) is 11.3 Å². The second-order valence-electron chi connectivity index (χ2n) is 8.13. The van der Waals surface area contributed by atoms with Gasteiger partial charge in [-0.2, -0.15) is 0 Å². The Bertz CT molecular complexity index is 705. The Balaban J connectivity index is 1.67. The Kier molecular flexibility index (Phi) is 4.21. The zero-order valence-corrected chi connectivity index (χ0v) is 15.4.